The highest BCUT2D eigenvalue weighted by Crippen LogP contribution is 2.37. The average Bonchev–Trinajstić information content (AvgIpc) is 2.60. The predicted octanol–water partition coefficient (Wildman–Crippen LogP) is 5.41. The zero-order chi connectivity index (χ0) is 20.1. The summed E-state index contributed by atoms with van der Waals surface area (Å²) >= 11 is 3.50. The minimum atomic E-state index is -1.88. The van der Waals surface area contributed by atoms with E-state index < -0.39 is 8.32 Å². The number of nitrogens with zero attached hydrogens (tertiary/aromatic N) is 2. The first-order valence-electron chi connectivity index (χ1n) is 8.76. The second-order valence-corrected chi connectivity index (χ2v) is 13.5. The summed E-state index contributed by atoms with van der Waals surface area (Å²) in [6.45, 7) is 11.5. The van der Waals surface area contributed by atoms with E-state index in [9.17, 15) is 4.79 Å². The summed E-state index contributed by atoms with van der Waals surface area (Å²) in [6, 6.07) is 7.50. The number of nitrogens with one attached hydrogen (secondary N) is 1. The van der Waals surface area contributed by atoms with Crippen LogP contribution < -0.4 is 5.32 Å². The van der Waals surface area contributed by atoms with Gasteiger partial charge in [-0.2, -0.15) is 0 Å². The summed E-state index contributed by atoms with van der Waals surface area (Å²) in [5.74, 6) is -0.218. The highest BCUT2D eigenvalue weighted by molar-refractivity contribution is 9.10. The van der Waals surface area contributed by atoms with Gasteiger partial charge in [0.15, 0.2) is 8.32 Å². The van der Waals surface area contributed by atoms with Crippen LogP contribution in [0.15, 0.2) is 47.3 Å². The first-order valence-corrected chi connectivity index (χ1v) is 12.5. The zero-order valence-corrected chi connectivity index (χ0v) is 19.0. The maximum atomic E-state index is 12.3. The van der Waals surface area contributed by atoms with E-state index in [1.165, 1.54) is 12.4 Å². The SMILES string of the molecule is CC(C)(C)[Si](C)(C)OCc1cc(Br)ccc1NC(=O)/C=C/c1ccncn1. The summed E-state index contributed by atoms with van der Waals surface area (Å²) in [5.41, 5.74) is 2.37. The van der Waals surface area contributed by atoms with Crippen LogP contribution in [0.5, 0.6) is 0 Å². The second kappa shape index (κ2) is 8.90. The van der Waals surface area contributed by atoms with Crippen LogP contribution in [0.4, 0.5) is 5.69 Å². The number of rotatable bonds is 6. The highest BCUT2D eigenvalue weighted by atomic mass is 79.9. The smallest absolute Gasteiger partial charge is 0.248 e. The van der Waals surface area contributed by atoms with Gasteiger partial charge < -0.3 is 9.74 Å². The van der Waals surface area contributed by atoms with Crippen molar-refractivity contribution >= 4 is 41.9 Å². The molecule has 1 aromatic carbocycles. The van der Waals surface area contributed by atoms with Crippen molar-refractivity contribution in [2.75, 3.05) is 5.32 Å². The predicted molar refractivity (Wildman–Crippen MR) is 116 cm³/mol. The van der Waals surface area contributed by atoms with Crippen LogP contribution in [0.2, 0.25) is 18.1 Å². The minimum Gasteiger partial charge on any atom is -0.412 e. The maximum absolute atomic E-state index is 12.3. The van der Waals surface area contributed by atoms with Crippen LogP contribution in [0.3, 0.4) is 0 Å². The number of carbonyl (C=O) groups is 1. The van der Waals surface area contributed by atoms with Gasteiger partial charge in [0.05, 0.1) is 12.3 Å². The third kappa shape index (κ3) is 6.37. The van der Waals surface area contributed by atoms with Gasteiger partial charge in [0.2, 0.25) is 5.91 Å². The summed E-state index contributed by atoms with van der Waals surface area (Å²) in [6.07, 6.45) is 6.20. The Hall–Kier alpha value is -1.83. The van der Waals surface area contributed by atoms with Crippen molar-refractivity contribution in [1.82, 2.24) is 9.97 Å². The molecule has 2 aromatic rings. The molecule has 0 fully saturated rings. The number of hydrogen-bond acceptors (Lipinski definition) is 4. The summed E-state index contributed by atoms with van der Waals surface area (Å²) in [4.78, 5) is 20.2. The van der Waals surface area contributed by atoms with Crippen LogP contribution in [0.1, 0.15) is 32.0 Å². The van der Waals surface area contributed by atoms with Crippen molar-refractivity contribution in [3.8, 4) is 0 Å². The average molecular weight is 448 g/mol. The molecule has 0 unspecified atom stereocenters. The molecule has 0 atom stereocenters. The fraction of sp³-hybridized carbons (Fsp3) is 0.350. The molecule has 7 heteroatoms. The van der Waals surface area contributed by atoms with Crippen LogP contribution in [0, 0.1) is 0 Å². The van der Waals surface area contributed by atoms with Crippen molar-refractivity contribution in [3.63, 3.8) is 0 Å². The number of halogens is 1. The van der Waals surface area contributed by atoms with E-state index in [4.69, 9.17) is 4.43 Å². The molecule has 0 saturated heterocycles. The quantitative estimate of drug-likeness (QED) is 0.474. The molecule has 5 nitrogen and oxygen atoms in total. The molecule has 0 saturated carbocycles. The van der Waals surface area contributed by atoms with Gasteiger partial charge in [-0.3, -0.25) is 4.79 Å². The van der Waals surface area contributed by atoms with Crippen LogP contribution in [-0.2, 0) is 15.8 Å². The molecule has 1 aromatic heterocycles. The lowest BCUT2D eigenvalue weighted by molar-refractivity contribution is -0.111. The Labute approximate surface area is 170 Å². The van der Waals surface area contributed by atoms with Gasteiger partial charge in [0, 0.05) is 28.0 Å². The van der Waals surface area contributed by atoms with E-state index >= 15 is 0 Å². The molecular weight excluding hydrogens is 422 g/mol. The Morgan fingerprint density at radius 2 is 2.04 bits per heavy atom. The summed E-state index contributed by atoms with van der Waals surface area (Å²) in [7, 11) is -1.88. The van der Waals surface area contributed by atoms with Gasteiger partial charge in [-0.25, -0.2) is 9.97 Å². The van der Waals surface area contributed by atoms with Gasteiger partial charge in [-0.1, -0.05) is 36.7 Å². The molecule has 144 valence electrons. The molecule has 1 amide bonds. The van der Waals surface area contributed by atoms with Gasteiger partial charge in [0.25, 0.3) is 0 Å². The van der Waals surface area contributed by atoms with E-state index in [0.29, 0.717) is 12.3 Å². The third-order valence-corrected chi connectivity index (χ3v) is 9.70. The molecule has 27 heavy (non-hydrogen) atoms. The third-order valence-electron chi connectivity index (χ3n) is 4.73. The van der Waals surface area contributed by atoms with E-state index in [1.807, 2.05) is 18.2 Å². The topological polar surface area (TPSA) is 64.1 Å². The normalized spacial score (nSPS) is 12.4. The Bertz CT molecular complexity index is 818. The Morgan fingerprint density at radius 3 is 2.67 bits per heavy atom. The van der Waals surface area contributed by atoms with E-state index in [0.717, 1.165) is 15.7 Å². The molecule has 0 spiro atoms. The lowest BCUT2D eigenvalue weighted by Crippen LogP contribution is -2.40. The van der Waals surface area contributed by atoms with Crippen molar-refractivity contribution in [2.24, 2.45) is 0 Å². The number of hydrogen-bond donors (Lipinski definition) is 1. The standard InChI is InChI=1S/C20H26BrN3O2Si/c1-20(2,3)27(4,5)26-13-15-12-16(21)6-8-18(15)24-19(25)9-7-17-10-11-22-14-23-17/h6-12,14H,13H2,1-5H3,(H,24,25)/b9-7+. The molecule has 0 aliphatic carbocycles. The number of benzene rings is 1. The lowest BCUT2D eigenvalue weighted by atomic mass is 10.2. The maximum Gasteiger partial charge on any atom is 0.248 e. The largest absolute Gasteiger partial charge is 0.412 e. The molecule has 1 heterocycles. The fourth-order valence-electron chi connectivity index (χ4n) is 2.01. The van der Waals surface area contributed by atoms with Gasteiger partial charge >= 0.3 is 0 Å². The molecule has 0 aliphatic heterocycles. The Morgan fingerprint density at radius 1 is 1.30 bits per heavy atom. The lowest BCUT2D eigenvalue weighted by Gasteiger charge is -2.36. The number of aromatic nitrogens is 2. The summed E-state index contributed by atoms with van der Waals surface area (Å²) in [5, 5.41) is 3.06. The van der Waals surface area contributed by atoms with Crippen molar-refractivity contribution in [1.29, 1.82) is 0 Å². The van der Waals surface area contributed by atoms with E-state index in [-0.39, 0.29) is 10.9 Å². The van der Waals surface area contributed by atoms with Crippen LogP contribution in [-0.4, -0.2) is 24.2 Å². The van der Waals surface area contributed by atoms with Crippen molar-refractivity contribution in [2.45, 2.75) is 45.5 Å². The zero-order valence-electron chi connectivity index (χ0n) is 16.4. The molecule has 0 aliphatic rings. The molecule has 0 bridgehead atoms. The minimum absolute atomic E-state index is 0.128. The van der Waals surface area contributed by atoms with Gasteiger partial charge in [0.1, 0.15) is 6.33 Å². The summed E-state index contributed by atoms with van der Waals surface area (Å²) < 4.78 is 7.27. The van der Waals surface area contributed by atoms with E-state index in [2.05, 4.69) is 65.1 Å². The first kappa shape index (κ1) is 21.5. The van der Waals surface area contributed by atoms with Crippen molar-refractivity contribution in [3.05, 3.63) is 58.6 Å². The second-order valence-electron chi connectivity index (χ2n) is 7.81. The van der Waals surface area contributed by atoms with Crippen LogP contribution >= 0.6 is 15.9 Å². The number of amides is 1. The molecule has 0 radical (unpaired) electrons. The molecular formula is C20H26BrN3O2Si. The van der Waals surface area contributed by atoms with Crippen molar-refractivity contribution < 1.29 is 9.22 Å². The monoisotopic (exact) mass is 447 g/mol. The Kier molecular flexibility index (Phi) is 7.08. The Balaban J connectivity index is 2.11. The van der Waals surface area contributed by atoms with Gasteiger partial charge in [-0.05, 0) is 48.5 Å². The molecule has 2 rings (SSSR count). The van der Waals surface area contributed by atoms with Gasteiger partial charge in [-0.15, -0.1) is 0 Å². The fourth-order valence-corrected chi connectivity index (χ4v) is 3.37. The first-order chi connectivity index (χ1) is 12.6. The highest BCUT2D eigenvalue weighted by Gasteiger charge is 2.37. The number of carbonyl (C=O) groups excluding carboxylic acids is 1. The van der Waals surface area contributed by atoms with E-state index in [1.54, 1.807) is 18.3 Å². The number of anilines is 1. The van der Waals surface area contributed by atoms with Crippen LogP contribution in [0.25, 0.3) is 6.08 Å². The molecule has 1 N–H and O–H groups in total.